The fourth-order valence-corrected chi connectivity index (χ4v) is 2.63. The van der Waals surface area contributed by atoms with Crippen LogP contribution in [0.4, 0.5) is 11.4 Å². The zero-order valence-electron chi connectivity index (χ0n) is 14.9. The van der Waals surface area contributed by atoms with Gasteiger partial charge in [0.05, 0.1) is 24.1 Å². The van der Waals surface area contributed by atoms with Crippen molar-refractivity contribution in [3.05, 3.63) is 69.9 Å². The quantitative estimate of drug-likeness (QED) is 0.427. The molecule has 0 aromatic heterocycles. The van der Waals surface area contributed by atoms with E-state index in [4.69, 9.17) is 9.84 Å². The Hall–Kier alpha value is -3.72. The minimum absolute atomic E-state index is 0.0415. The van der Waals surface area contributed by atoms with Crippen molar-refractivity contribution in [1.29, 1.82) is 0 Å². The van der Waals surface area contributed by atoms with Crippen molar-refractivity contribution in [3.63, 3.8) is 0 Å². The normalized spacial score (nSPS) is 13.5. The molecule has 0 aliphatic carbocycles. The lowest BCUT2D eigenvalue weighted by Gasteiger charge is -2.14. The van der Waals surface area contributed by atoms with Gasteiger partial charge in [0, 0.05) is 23.9 Å². The Kier molecular flexibility index (Phi) is 5.37. The number of ether oxygens (including phenoxy) is 1. The Bertz CT molecular complexity index is 968. The largest absolute Gasteiger partial charge is 0.457 e. The summed E-state index contributed by atoms with van der Waals surface area (Å²) in [6.07, 6.45) is 1.08. The molecule has 144 valence electrons. The fourth-order valence-electron chi connectivity index (χ4n) is 2.63. The van der Waals surface area contributed by atoms with Crippen molar-refractivity contribution < 1.29 is 24.4 Å². The van der Waals surface area contributed by atoms with E-state index in [2.05, 4.69) is 5.32 Å². The molecular weight excluding hydrogens is 366 g/mol. The summed E-state index contributed by atoms with van der Waals surface area (Å²) in [5, 5.41) is 22.9. The SMILES string of the molecule is Cc1ccc(Oc2cc(NC3=CC(=O)N(CCO)C3=O)cc([N+](=O)[O-])c2)cc1. The molecule has 2 aromatic rings. The average Bonchev–Trinajstić information content (AvgIpc) is 2.91. The van der Waals surface area contributed by atoms with E-state index in [0.717, 1.165) is 16.5 Å². The van der Waals surface area contributed by atoms with Crippen LogP contribution in [0.5, 0.6) is 11.5 Å². The molecule has 1 aliphatic rings. The molecule has 1 aliphatic heterocycles. The van der Waals surface area contributed by atoms with E-state index in [0.29, 0.717) is 5.75 Å². The van der Waals surface area contributed by atoms with Crippen molar-refractivity contribution in [2.75, 3.05) is 18.5 Å². The topological polar surface area (TPSA) is 122 Å². The van der Waals surface area contributed by atoms with E-state index in [1.807, 2.05) is 19.1 Å². The van der Waals surface area contributed by atoms with E-state index < -0.39 is 16.7 Å². The number of nitrogens with one attached hydrogen (secondary N) is 1. The lowest BCUT2D eigenvalue weighted by molar-refractivity contribution is -0.384. The monoisotopic (exact) mass is 383 g/mol. The second-order valence-electron chi connectivity index (χ2n) is 6.09. The van der Waals surface area contributed by atoms with Crippen molar-refractivity contribution in [1.82, 2.24) is 4.90 Å². The molecule has 0 saturated carbocycles. The summed E-state index contributed by atoms with van der Waals surface area (Å²) < 4.78 is 5.68. The summed E-state index contributed by atoms with van der Waals surface area (Å²) in [4.78, 5) is 35.6. The van der Waals surface area contributed by atoms with Gasteiger partial charge in [-0.1, -0.05) is 17.7 Å². The number of nitro benzene ring substituents is 1. The van der Waals surface area contributed by atoms with Crippen LogP contribution in [0.25, 0.3) is 0 Å². The maximum absolute atomic E-state index is 12.2. The zero-order chi connectivity index (χ0) is 20.3. The van der Waals surface area contributed by atoms with E-state index in [1.165, 1.54) is 18.2 Å². The third-order valence-electron chi connectivity index (χ3n) is 3.97. The molecule has 2 aromatic carbocycles. The molecule has 2 N–H and O–H groups in total. The number of hydrogen-bond acceptors (Lipinski definition) is 7. The third kappa shape index (κ3) is 4.15. The van der Waals surface area contributed by atoms with Gasteiger partial charge in [-0.05, 0) is 19.1 Å². The number of nitrogens with zero attached hydrogens (tertiary/aromatic N) is 2. The maximum Gasteiger partial charge on any atom is 0.277 e. The van der Waals surface area contributed by atoms with Crippen LogP contribution in [-0.4, -0.2) is 39.9 Å². The molecule has 0 radical (unpaired) electrons. The number of amides is 2. The van der Waals surface area contributed by atoms with E-state index >= 15 is 0 Å². The van der Waals surface area contributed by atoms with Crippen molar-refractivity contribution in [2.45, 2.75) is 6.92 Å². The standard InChI is InChI=1S/C19H17N3O6/c1-12-2-4-15(5-3-12)28-16-9-13(8-14(10-16)22(26)27)20-17-11-18(24)21(6-7-23)19(17)25/h2-5,8-11,20,23H,6-7H2,1H3. The van der Waals surface area contributed by atoms with Gasteiger partial charge in [-0.3, -0.25) is 24.6 Å². The maximum atomic E-state index is 12.2. The van der Waals surface area contributed by atoms with E-state index in [9.17, 15) is 19.7 Å². The van der Waals surface area contributed by atoms with Gasteiger partial charge < -0.3 is 15.2 Å². The number of anilines is 1. The van der Waals surface area contributed by atoms with E-state index in [1.54, 1.807) is 12.1 Å². The first-order valence-corrected chi connectivity index (χ1v) is 8.37. The number of rotatable bonds is 7. The number of benzene rings is 2. The van der Waals surface area contributed by atoms with Gasteiger partial charge in [0.15, 0.2) is 0 Å². The van der Waals surface area contributed by atoms with Crippen molar-refractivity contribution in [2.24, 2.45) is 0 Å². The molecule has 0 fully saturated rings. The van der Waals surface area contributed by atoms with Crippen LogP contribution < -0.4 is 10.1 Å². The molecule has 2 amide bonds. The number of nitro groups is 1. The van der Waals surface area contributed by atoms with Crippen LogP contribution >= 0.6 is 0 Å². The number of β-amino-alcohol motifs (C(OH)–C–C–N with tert-alkyl or cyclic N) is 1. The van der Waals surface area contributed by atoms with E-state index in [-0.39, 0.29) is 36.0 Å². The van der Waals surface area contributed by atoms with Crippen LogP contribution in [0.3, 0.4) is 0 Å². The van der Waals surface area contributed by atoms with Gasteiger partial charge in [-0.15, -0.1) is 0 Å². The number of aliphatic hydroxyl groups excluding tert-OH is 1. The lowest BCUT2D eigenvalue weighted by Crippen LogP contribution is -2.34. The first-order chi connectivity index (χ1) is 13.4. The summed E-state index contributed by atoms with van der Waals surface area (Å²) >= 11 is 0. The fraction of sp³-hybridized carbons (Fsp3) is 0.158. The molecule has 0 saturated heterocycles. The number of carbonyl (C=O) groups is 2. The average molecular weight is 383 g/mol. The second kappa shape index (κ2) is 7.89. The highest BCUT2D eigenvalue weighted by atomic mass is 16.6. The number of hydrogen-bond donors (Lipinski definition) is 2. The first-order valence-electron chi connectivity index (χ1n) is 8.37. The van der Waals surface area contributed by atoms with Gasteiger partial charge in [-0.25, -0.2) is 0 Å². The minimum atomic E-state index is -0.619. The van der Waals surface area contributed by atoms with Crippen LogP contribution in [0, 0.1) is 17.0 Å². The zero-order valence-corrected chi connectivity index (χ0v) is 14.9. The predicted molar refractivity (Wildman–Crippen MR) is 99.9 cm³/mol. The molecule has 9 nitrogen and oxygen atoms in total. The highest BCUT2D eigenvalue weighted by molar-refractivity contribution is 6.17. The molecule has 28 heavy (non-hydrogen) atoms. The first kappa shape index (κ1) is 19.1. The van der Waals surface area contributed by atoms with Gasteiger partial charge in [0.2, 0.25) is 0 Å². The van der Waals surface area contributed by atoms with Gasteiger partial charge in [0.25, 0.3) is 17.5 Å². The smallest absolute Gasteiger partial charge is 0.277 e. The molecule has 9 heteroatoms. The third-order valence-corrected chi connectivity index (χ3v) is 3.97. The van der Waals surface area contributed by atoms with Gasteiger partial charge in [-0.2, -0.15) is 0 Å². The van der Waals surface area contributed by atoms with Gasteiger partial charge in [0.1, 0.15) is 17.2 Å². The summed E-state index contributed by atoms with van der Waals surface area (Å²) in [6, 6.07) is 11.1. The molecule has 3 rings (SSSR count). The van der Waals surface area contributed by atoms with Gasteiger partial charge >= 0.3 is 0 Å². The number of non-ortho nitro benzene ring substituents is 1. The number of carbonyl (C=O) groups excluding carboxylic acids is 2. The number of aliphatic hydroxyl groups is 1. The summed E-state index contributed by atoms with van der Waals surface area (Å²) in [5.74, 6) is -0.489. The predicted octanol–water partition coefficient (Wildman–Crippen LogP) is 2.35. The highest BCUT2D eigenvalue weighted by Gasteiger charge is 2.30. The molecular formula is C19H17N3O6. The Morgan fingerprint density at radius 2 is 1.86 bits per heavy atom. The summed E-state index contributed by atoms with van der Waals surface area (Å²) in [5.41, 5.74) is 0.976. The summed E-state index contributed by atoms with van der Waals surface area (Å²) in [6.45, 7) is 1.44. The molecule has 0 atom stereocenters. The van der Waals surface area contributed by atoms with Crippen LogP contribution in [0.1, 0.15) is 5.56 Å². The van der Waals surface area contributed by atoms with Crippen molar-refractivity contribution >= 4 is 23.2 Å². The Balaban J connectivity index is 1.86. The summed E-state index contributed by atoms with van der Waals surface area (Å²) in [7, 11) is 0. The molecule has 1 heterocycles. The van der Waals surface area contributed by atoms with Crippen molar-refractivity contribution in [3.8, 4) is 11.5 Å². The minimum Gasteiger partial charge on any atom is -0.457 e. The number of aryl methyl sites for hydroxylation is 1. The van der Waals surface area contributed by atoms with Crippen LogP contribution in [0.2, 0.25) is 0 Å². The van der Waals surface area contributed by atoms with Crippen LogP contribution in [0.15, 0.2) is 54.2 Å². The molecule has 0 spiro atoms. The second-order valence-corrected chi connectivity index (χ2v) is 6.09. The Morgan fingerprint density at radius 1 is 1.14 bits per heavy atom. The Morgan fingerprint density at radius 3 is 2.50 bits per heavy atom. The number of imide groups is 1. The molecule has 0 bridgehead atoms. The highest BCUT2D eigenvalue weighted by Crippen LogP contribution is 2.31. The lowest BCUT2D eigenvalue weighted by atomic mass is 10.2. The Labute approximate surface area is 160 Å². The molecule has 0 unspecified atom stereocenters. The van der Waals surface area contributed by atoms with Crippen LogP contribution in [-0.2, 0) is 9.59 Å².